The summed E-state index contributed by atoms with van der Waals surface area (Å²) < 4.78 is 2.28. The van der Waals surface area contributed by atoms with Crippen LogP contribution >= 0.6 is 34.9 Å². The van der Waals surface area contributed by atoms with Crippen LogP contribution in [-0.4, -0.2) is 70.7 Å². The van der Waals surface area contributed by atoms with Crippen molar-refractivity contribution in [1.29, 1.82) is 0 Å². The van der Waals surface area contributed by atoms with Gasteiger partial charge in [0.1, 0.15) is 22.1 Å². The lowest BCUT2D eigenvalue weighted by Gasteiger charge is -2.49. The van der Waals surface area contributed by atoms with Crippen molar-refractivity contribution < 1.29 is 19.5 Å². The number of fused-ring (bicyclic) bond motifs is 1. The highest BCUT2D eigenvalue weighted by atomic mass is 32.2. The molecule has 0 aromatic carbocycles. The number of hydrogen-bond acceptors (Lipinski definition) is 9. The van der Waals surface area contributed by atoms with Gasteiger partial charge in [0, 0.05) is 24.8 Å². The van der Waals surface area contributed by atoms with Crippen molar-refractivity contribution in [2.24, 2.45) is 7.05 Å². The topological polar surface area (TPSA) is 130 Å². The molecule has 10 nitrogen and oxygen atoms in total. The summed E-state index contributed by atoms with van der Waals surface area (Å²) in [5, 5.41) is 25.0. The first-order valence-electron chi connectivity index (χ1n) is 8.90. The van der Waals surface area contributed by atoms with Crippen molar-refractivity contribution >= 4 is 52.6 Å². The number of carbonyl (C=O) groups is 3. The van der Waals surface area contributed by atoms with Gasteiger partial charge >= 0.3 is 5.97 Å². The number of rotatable bonds is 6. The van der Waals surface area contributed by atoms with Crippen LogP contribution in [0.25, 0.3) is 0 Å². The minimum atomic E-state index is -1.15. The van der Waals surface area contributed by atoms with Crippen LogP contribution in [0.2, 0.25) is 0 Å². The van der Waals surface area contributed by atoms with E-state index in [-0.39, 0.29) is 5.70 Å². The van der Waals surface area contributed by atoms with Crippen LogP contribution in [-0.2, 0) is 16.6 Å². The Morgan fingerprint density at radius 2 is 2.13 bits per heavy atom. The Hall–Kier alpha value is -2.38. The maximum Gasteiger partial charge on any atom is 0.352 e. The zero-order chi connectivity index (χ0) is 21.6. The molecule has 2 N–H and O–H groups in total. The molecule has 2 aromatic rings. The highest BCUT2D eigenvalue weighted by Crippen LogP contribution is 2.41. The van der Waals surface area contributed by atoms with Crippen molar-refractivity contribution in [3.8, 4) is 0 Å². The molecule has 13 heteroatoms. The highest BCUT2D eigenvalue weighted by Gasteiger charge is 2.54. The minimum Gasteiger partial charge on any atom is -0.477 e. The Morgan fingerprint density at radius 3 is 2.73 bits per heavy atom. The minimum absolute atomic E-state index is 0.000504. The lowest BCUT2D eigenvalue weighted by Crippen LogP contribution is -2.70. The van der Waals surface area contributed by atoms with Gasteiger partial charge in [0.25, 0.3) is 11.8 Å². The molecule has 2 amide bonds. The molecular weight excluding hydrogens is 448 g/mol. The predicted octanol–water partition coefficient (Wildman–Crippen LogP) is 1.03. The first-order valence-corrected chi connectivity index (χ1v) is 11.8. The first kappa shape index (κ1) is 20.9. The lowest BCUT2D eigenvalue weighted by molar-refractivity contribution is -0.148. The molecule has 30 heavy (non-hydrogen) atoms. The predicted molar refractivity (Wildman–Crippen MR) is 112 cm³/mol. The SMILES string of the molecule is Cc1nnc(SCC2=C(C(=O)O)N3C(=O)[C@@H](NC(=O)c4cn(C)nc4C)[C@@H]3SC2)s1. The number of nitrogens with zero attached hydrogens (tertiary/aromatic N) is 5. The van der Waals surface area contributed by atoms with Crippen LogP contribution in [0, 0.1) is 13.8 Å². The van der Waals surface area contributed by atoms with Crippen molar-refractivity contribution in [1.82, 2.24) is 30.2 Å². The quantitative estimate of drug-likeness (QED) is 0.473. The Labute approximate surface area is 184 Å². The molecular formula is C17H18N6O4S3. The van der Waals surface area contributed by atoms with Gasteiger partial charge in [0.15, 0.2) is 4.34 Å². The van der Waals surface area contributed by atoms with E-state index >= 15 is 0 Å². The van der Waals surface area contributed by atoms with Crippen molar-refractivity contribution in [3.05, 3.63) is 33.7 Å². The van der Waals surface area contributed by atoms with Gasteiger partial charge in [-0.05, 0) is 19.4 Å². The number of aromatic nitrogens is 4. The largest absolute Gasteiger partial charge is 0.477 e. The molecule has 2 aromatic heterocycles. The second-order valence-corrected chi connectivity index (χ2v) is 10.3. The Morgan fingerprint density at radius 1 is 1.37 bits per heavy atom. The number of carboxylic acid groups (broad SMARTS) is 1. The number of aliphatic carboxylic acids is 1. The van der Waals surface area contributed by atoms with E-state index in [1.807, 2.05) is 6.92 Å². The van der Waals surface area contributed by atoms with E-state index in [2.05, 4.69) is 20.6 Å². The number of carbonyl (C=O) groups excluding carboxylic acids is 2. The van der Waals surface area contributed by atoms with E-state index in [0.29, 0.717) is 28.3 Å². The molecule has 0 spiro atoms. The molecule has 2 atom stereocenters. The third-order valence-electron chi connectivity index (χ3n) is 4.67. The fourth-order valence-electron chi connectivity index (χ4n) is 3.32. The second-order valence-electron chi connectivity index (χ2n) is 6.80. The summed E-state index contributed by atoms with van der Waals surface area (Å²) in [6, 6.07) is -0.767. The van der Waals surface area contributed by atoms with Crippen molar-refractivity contribution in [2.45, 2.75) is 29.6 Å². The summed E-state index contributed by atoms with van der Waals surface area (Å²) in [7, 11) is 1.71. The standard InChI is InChI=1S/C17H18N6O4S3/c1-7-10(4-22(3)21-7)13(24)18-11-14(25)23-12(16(26)27)9(5-28-15(11)23)6-29-17-20-19-8(2)30-17/h4,11,15H,5-6H2,1-3H3,(H,18,24)(H,26,27)/t11-,15+/m1/s1. The smallest absolute Gasteiger partial charge is 0.352 e. The van der Waals surface area contributed by atoms with Crippen LogP contribution < -0.4 is 5.32 Å². The monoisotopic (exact) mass is 466 g/mol. The molecule has 0 bridgehead atoms. The molecule has 2 aliphatic heterocycles. The number of β-lactam (4-membered cyclic amide) rings is 1. The average molecular weight is 467 g/mol. The van der Waals surface area contributed by atoms with E-state index in [1.54, 1.807) is 20.2 Å². The summed E-state index contributed by atoms with van der Waals surface area (Å²) in [5.74, 6) is -1.10. The summed E-state index contributed by atoms with van der Waals surface area (Å²) in [6.45, 7) is 3.57. The fraction of sp³-hybridized carbons (Fsp3) is 0.412. The van der Waals surface area contributed by atoms with E-state index < -0.39 is 29.2 Å². The summed E-state index contributed by atoms with van der Waals surface area (Å²) in [6.07, 6.45) is 1.59. The molecule has 1 saturated heterocycles. The van der Waals surface area contributed by atoms with E-state index in [4.69, 9.17) is 0 Å². The van der Waals surface area contributed by atoms with Gasteiger partial charge < -0.3 is 10.4 Å². The van der Waals surface area contributed by atoms with Gasteiger partial charge in [0.05, 0.1) is 11.3 Å². The van der Waals surface area contributed by atoms with E-state index in [0.717, 1.165) is 9.35 Å². The first-order chi connectivity index (χ1) is 14.3. The van der Waals surface area contributed by atoms with E-state index in [1.165, 1.54) is 44.4 Å². The van der Waals surface area contributed by atoms with Gasteiger partial charge in [-0.25, -0.2) is 4.79 Å². The number of hydrogen-bond donors (Lipinski definition) is 2. The third kappa shape index (κ3) is 3.72. The van der Waals surface area contributed by atoms with Crippen LogP contribution in [0.3, 0.4) is 0 Å². The molecule has 0 aliphatic carbocycles. The maximum absolute atomic E-state index is 12.7. The van der Waals surface area contributed by atoms with Crippen molar-refractivity contribution in [3.63, 3.8) is 0 Å². The Balaban J connectivity index is 1.49. The van der Waals surface area contributed by atoms with Gasteiger partial charge in [0.2, 0.25) is 0 Å². The number of thioether (sulfide) groups is 2. The number of nitrogens with one attached hydrogen (secondary N) is 1. The molecule has 0 radical (unpaired) electrons. The zero-order valence-corrected chi connectivity index (χ0v) is 18.7. The normalized spacial score (nSPS) is 20.8. The molecule has 4 heterocycles. The molecule has 0 unspecified atom stereocenters. The van der Waals surface area contributed by atoms with Gasteiger partial charge in [-0.3, -0.25) is 19.2 Å². The third-order valence-corrected chi connectivity index (χ3v) is 8.07. The van der Waals surface area contributed by atoms with Gasteiger partial charge in [-0.15, -0.1) is 22.0 Å². The van der Waals surface area contributed by atoms with Crippen LogP contribution in [0.4, 0.5) is 0 Å². The Bertz CT molecular complexity index is 1080. The van der Waals surface area contributed by atoms with Gasteiger partial charge in [-0.2, -0.15) is 5.10 Å². The molecule has 4 rings (SSSR count). The fourth-order valence-corrected chi connectivity index (χ4v) is 6.62. The van der Waals surface area contributed by atoms with Crippen LogP contribution in [0.5, 0.6) is 0 Å². The van der Waals surface area contributed by atoms with Crippen LogP contribution in [0.15, 0.2) is 21.8 Å². The lowest BCUT2D eigenvalue weighted by atomic mass is 10.0. The average Bonchev–Trinajstić information content (AvgIpc) is 3.27. The number of aryl methyl sites for hydroxylation is 3. The van der Waals surface area contributed by atoms with Crippen molar-refractivity contribution in [2.75, 3.05) is 11.5 Å². The van der Waals surface area contributed by atoms with E-state index in [9.17, 15) is 19.5 Å². The van der Waals surface area contributed by atoms with Gasteiger partial charge in [-0.1, -0.05) is 23.1 Å². The Kier molecular flexibility index (Phi) is 5.59. The summed E-state index contributed by atoms with van der Waals surface area (Å²) in [4.78, 5) is 38.5. The molecule has 1 fully saturated rings. The van der Waals surface area contributed by atoms with Crippen LogP contribution in [0.1, 0.15) is 21.1 Å². The highest BCUT2D eigenvalue weighted by molar-refractivity contribution is 8.01. The number of carboxylic acids is 1. The second kappa shape index (κ2) is 8.04. The molecule has 2 aliphatic rings. The summed E-state index contributed by atoms with van der Waals surface area (Å²) >= 11 is 4.29. The number of amides is 2. The zero-order valence-electron chi connectivity index (χ0n) is 16.3. The maximum atomic E-state index is 12.7. The molecule has 0 saturated carbocycles. The summed E-state index contributed by atoms with van der Waals surface area (Å²) in [5.41, 5.74) is 1.61. The molecule has 158 valence electrons.